The Hall–Kier alpha value is -2.33. The molecule has 0 aliphatic carbocycles. The Bertz CT molecular complexity index is 670. The number of likely N-dealkylation sites (tertiary alicyclic amines) is 1. The van der Waals surface area contributed by atoms with E-state index in [0.717, 1.165) is 9.78 Å². The van der Waals surface area contributed by atoms with Crippen LogP contribution in [0.1, 0.15) is 33.8 Å². The molecular formula is C15H14N2O4S. The van der Waals surface area contributed by atoms with Crippen LogP contribution in [0.3, 0.4) is 0 Å². The van der Waals surface area contributed by atoms with E-state index in [9.17, 15) is 19.2 Å². The number of carbonyl (C=O) groups is 4. The summed E-state index contributed by atoms with van der Waals surface area (Å²) in [7, 11) is 0. The molecule has 0 radical (unpaired) electrons. The number of thiophene rings is 1. The number of amides is 2. The molecule has 1 aromatic heterocycles. The van der Waals surface area contributed by atoms with E-state index in [0.29, 0.717) is 4.88 Å². The van der Waals surface area contributed by atoms with Crippen LogP contribution in [0.5, 0.6) is 0 Å². The Morgan fingerprint density at radius 2 is 1.95 bits per heavy atom. The molecule has 0 N–H and O–H groups in total. The molecule has 2 heterocycles. The molecule has 0 unspecified atom stereocenters. The van der Waals surface area contributed by atoms with Crippen molar-refractivity contribution < 1.29 is 19.2 Å². The Morgan fingerprint density at radius 1 is 1.32 bits per heavy atom. The minimum absolute atomic E-state index is 0.0641. The van der Waals surface area contributed by atoms with Gasteiger partial charge in [0, 0.05) is 30.7 Å². The third-order valence-corrected chi connectivity index (χ3v) is 4.45. The first-order chi connectivity index (χ1) is 10.4. The number of nitrogens with zero attached hydrogens (tertiary/aromatic N) is 2. The van der Waals surface area contributed by atoms with Gasteiger partial charge in [-0.3, -0.25) is 24.1 Å². The lowest BCUT2D eigenvalue weighted by atomic mass is 9.97. The quantitative estimate of drug-likeness (QED) is 0.450. The third-order valence-electron chi connectivity index (χ3n) is 3.43. The molecule has 0 saturated carbocycles. The van der Waals surface area contributed by atoms with Crippen LogP contribution >= 0.6 is 11.3 Å². The van der Waals surface area contributed by atoms with Crippen molar-refractivity contribution in [1.29, 1.82) is 5.26 Å². The van der Waals surface area contributed by atoms with Crippen molar-refractivity contribution >= 4 is 34.7 Å². The first-order valence-corrected chi connectivity index (χ1v) is 7.62. The number of ketones is 2. The molecule has 0 bridgehead atoms. The van der Waals surface area contributed by atoms with E-state index in [1.54, 1.807) is 18.2 Å². The zero-order valence-corrected chi connectivity index (χ0v) is 12.8. The fraction of sp³-hybridized carbons (Fsp3) is 0.400. The van der Waals surface area contributed by atoms with Gasteiger partial charge in [-0.25, -0.2) is 0 Å². The Morgan fingerprint density at radius 3 is 2.45 bits per heavy atom. The minimum Gasteiger partial charge on any atom is -0.298 e. The second kappa shape index (κ2) is 6.62. The topological polar surface area (TPSA) is 95.3 Å². The minimum atomic E-state index is -1.38. The van der Waals surface area contributed by atoms with Crippen LogP contribution in [0, 0.1) is 24.2 Å². The predicted molar refractivity (Wildman–Crippen MR) is 78.1 cm³/mol. The maximum Gasteiger partial charge on any atom is 0.229 e. The molecule has 1 aliphatic heterocycles. The number of carbonyl (C=O) groups excluding carboxylic acids is 4. The summed E-state index contributed by atoms with van der Waals surface area (Å²) in [6.07, 6.45) is 0.135. The van der Waals surface area contributed by atoms with Crippen molar-refractivity contribution in [3.8, 4) is 6.07 Å². The average molecular weight is 318 g/mol. The van der Waals surface area contributed by atoms with E-state index < -0.39 is 17.5 Å². The summed E-state index contributed by atoms with van der Waals surface area (Å²) in [6.45, 7) is 1.76. The Balaban J connectivity index is 2.00. The van der Waals surface area contributed by atoms with Crippen LogP contribution < -0.4 is 0 Å². The molecule has 2 amide bonds. The summed E-state index contributed by atoms with van der Waals surface area (Å²) >= 11 is 1.23. The first kappa shape index (κ1) is 16.0. The van der Waals surface area contributed by atoms with Gasteiger partial charge in [0.05, 0.1) is 10.9 Å². The van der Waals surface area contributed by atoms with E-state index in [4.69, 9.17) is 5.26 Å². The largest absolute Gasteiger partial charge is 0.298 e. The molecule has 114 valence electrons. The molecule has 7 heteroatoms. The van der Waals surface area contributed by atoms with E-state index >= 15 is 0 Å². The molecular weight excluding hydrogens is 304 g/mol. The van der Waals surface area contributed by atoms with E-state index in [1.807, 2.05) is 6.92 Å². The Labute approximate surface area is 131 Å². The second-order valence-electron chi connectivity index (χ2n) is 4.99. The highest BCUT2D eigenvalue weighted by Crippen LogP contribution is 2.20. The lowest BCUT2D eigenvalue weighted by molar-refractivity contribution is -0.138. The van der Waals surface area contributed by atoms with Crippen LogP contribution in [0.2, 0.25) is 0 Å². The number of hydrogen-bond acceptors (Lipinski definition) is 6. The number of hydrogen-bond donors (Lipinski definition) is 0. The van der Waals surface area contributed by atoms with Crippen LogP contribution in [0.15, 0.2) is 12.1 Å². The summed E-state index contributed by atoms with van der Waals surface area (Å²) in [5.41, 5.74) is 0. The number of imide groups is 1. The van der Waals surface area contributed by atoms with E-state index in [-0.39, 0.29) is 37.6 Å². The number of nitriles is 1. The van der Waals surface area contributed by atoms with Crippen LogP contribution in [-0.2, 0) is 14.4 Å². The van der Waals surface area contributed by atoms with Gasteiger partial charge in [0.2, 0.25) is 11.8 Å². The summed E-state index contributed by atoms with van der Waals surface area (Å²) < 4.78 is 0. The maximum atomic E-state index is 12.2. The zero-order valence-electron chi connectivity index (χ0n) is 12.0. The smallest absolute Gasteiger partial charge is 0.229 e. The van der Waals surface area contributed by atoms with Crippen LogP contribution in [-0.4, -0.2) is 34.8 Å². The lowest BCUT2D eigenvalue weighted by Crippen LogP contribution is -2.33. The van der Waals surface area contributed by atoms with E-state index in [2.05, 4.69) is 0 Å². The predicted octanol–water partition coefficient (Wildman–Crippen LogP) is 1.49. The van der Waals surface area contributed by atoms with Crippen LogP contribution in [0.4, 0.5) is 0 Å². The van der Waals surface area contributed by atoms with Gasteiger partial charge in [-0.1, -0.05) is 0 Å². The zero-order chi connectivity index (χ0) is 16.3. The normalized spacial score (nSPS) is 15.7. The molecule has 0 aromatic carbocycles. The van der Waals surface area contributed by atoms with Gasteiger partial charge < -0.3 is 0 Å². The summed E-state index contributed by atoms with van der Waals surface area (Å²) in [4.78, 5) is 49.5. The molecule has 1 aliphatic rings. The fourth-order valence-electron chi connectivity index (χ4n) is 2.22. The fourth-order valence-corrected chi connectivity index (χ4v) is 3.06. The molecule has 1 aromatic rings. The van der Waals surface area contributed by atoms with Crippen molar-refractivity contribution in [3.63, 3.8) is 0 Å². The molecule has 1 saturated heterocycles. The van der Waals surface area contributed by atoms with Gasteiger partial charge in [0.25, 0.3) is 0 Å². The highest BCUT2D eigenvalue weighted by atomic mass is 32.1. The Kier molecular flexibility index (Phi) is 4.83. The summed E-state index contributed by atoms with van der Waals surface area (Å²) in [5.74, 6) is -3.10. The molecule has 1 atom stereocenters. The summed E-state index contributed by atoms with van der Waals surface area (Å²) in [6, 6.07) is 5.07. The van der Waals surface area contributed by atoms with Crippen molar-refractivity contribution in [2.24, 2.45) is 5.92 Å². The third kappa shape index (κ3) is 3.28. The standard InChI is InChI=1S/C15H14N2O4S/c1-9-2-3-12(22-9)15(21)10(8-16)11(18)6-7-17-13(19)4-5-14(17)20/h2-3,10H,4-7H2,1H3/t10-/m1/s1. The molecule has 0 spiro atoms. The monoisotopic (exact) mass is 318 g/mol. The number of rotatable bonds is 6. The van der Waals surface area contributed by atoms with Crippen molar-refractivity contribution in [1.82, 2.24) is 4.90 Å². The second-order valence-corrected chi connectivity index (χ2v) is 6.28. The van der Waals surface area contributed by atoms with Crippen molar-refractivity contribution in [3.05, 3.63) is 21.9 Å². The molecule has 2 rings (SSSR count). The highest BCUT2D eigenvalue weighted by molar-refractivity contribution is 7.14. The van der Waals surface area contributed by atoms with Crippen LogP contribution in [0.25, 0.3) is 0 Å². The van der Waals surface area contributed by atoms with Gasteiger partial charge in [0.1, 0.15) is 0 Å². The van der Waals surface area contributed by atoms with E-state index in [1.165, 1.54) is 11.3 Å². The molecule has 22 heavy (non-hydrogen) atoms. The average Bonchev–Trinajstić information content (AvgIpc) is 3.04. The number of aryl methyl sites for hydroxylation is 1. The SMILES string of the molecule is Cc1ccc(C(=O)[C@H](C#N)C(=O)CCN2C(=O)CCC2=O)s1. The number of Topliss-reactive ketones (excluding diaryl/α,β-unsaturated/α-hetero) is 2. The summed E-state index contributed by atoms with van der Waals surface area (Å²) in [5, 5.41) is 9.10. The highest BCUT2D eigenvalue weighted by Gasteiger charge is 2.32. The van der Waals surface area contributed by atoms with Gasteiger partial charge in [0.15, 0.2) is 17.5 Å². The van der Waals surface area contributed by atoms with Gasteiger partial charge in [-0.15, -0.1) is 11.3 Å². The lowest BCUT2D eigenvalue weighted by Gasteiger charge is -2.13. The van der Waals surface area contributed by atoms with Crippen molar-refractivity contribution in [2.45, 2.75) is 26.2 Å². The maximum absolute atomic E-state index is 12.2. The van der Waals surface area contributed by atoms with Crippen molar-refractivity contribution in [2.75, 3.05) is 6.54 Å². The van der Waals surface area contributed by atoms with Gasteiger partial charge >= 0.3 is 0 Å². The van der Waals surface area contributed by atoms with Gasteiger partial charge in [-0.2, -0.15) is 5.26 Å². The van der Waals surface area contributed by atoms with Gasteiger partial charge in [-0.05, 0) is 19.1 Å². The first-order valence-electron chi connectivity index (χ1n) is 6.80. The molecule has 1 fully saturated rings. The molecule has 6 nitrogen and oxygen atoms in total.